The van der Waals surface area contributed by atoms with Crippen molar-refractivity contribution in [1.82, 2.24) is 10.2 Å². The van der Waals surface area contributed by atoms with E-state index in [2.05, 4.69) is 14.4 Å². The standard InChI is InChI=1S/C4H6N2O3S/c1-9-10(7,8)4-2-3-5-6-4/h2-3H,1H3,(H,5,6). The summed E-state index contributed by atoms with van der Waals surface area (Å²) in [5, 5.41) is 5.68. The average molecular weight is 162 g/mol. The van der Waals surface area contributed by atoms with Crippen molar-refractivity contribution in [2.45, 2.75) is 5.03 Å². The van der Waals surface area contributed by atoms with E-state index in [4.69, 9.17) is 0 Å². The molecule has 0 aliphatic heterocycles. The predicted octanol–water partition coefficient (Wildman–Crippen LogP) is -0.255. The van der Waals surface area contributed by atoms with Gasteiger partial charge in [-0.1, -0.05) is 0 Å². The Hall–Kier alpha value is -0.880. The Morgan fingerprint density at radius 2 is 2.40 bits per heavy atom. The number of aromatic amines is 1. The van der Waals surface area contributed by atoms with Gasteiger partial charge in [0.25, 0.3) is 0 Å². The number of nitrogens with zero attached hydrogens (tertiary/aromatic N) is 1. The quantitative estimate of drug-likeness (QED) is 0.608. The predicted molar refractivity (Wildman–Crippen MR) is 32.8 cm³/mol. The van der Waals surface area contributed by atoms with Crippen LogP contribution in [0.5, 0.6) is 0 Å². The number of H-pyrrole nitrogens is 1. The lowest BCUT2D eigenvalue weighted by atomic mass is 10.8. The van der Waals surface area contributed by atoms with Crippen molar-refractivity contribution >= 4 is 10.1 Å². The van der Waals surface area contributed by atoms with Crippen LogP contribution in [0.25, 0.3) is 0 Å². The third kappa shape index (κ3) is 1.17. The summed E-state index contributed by atoms with van der Waals surface area (Å²) in [5.74, 6) is 0. The summed E-state index contributed by atoms with van der Waals surface area (Å²) in [4.78, 5) is 0. The first-order chi connectivity index (χ1) is 4.67. The van der Waals surface area contributed by atoms with Crippen molar-refractivity contribution < 1.29 is 12.6 Å². The number of hydrogen-bond donors (Lipinski definition) is 1. The second-order valence-corrected chi connectivity index (χ2v) is 3.19. The van der Waals surface area contributed by atoms with Crippen molar-refractivity contribution in [1.29, 1.82) is 0 Å². The van der Waals surface area contributed by atoms with E-state index in [1.165, 1.54) is 12.3 Å². The molecule has 6 heteroatoms. The first-order valence-corrected chi connectivity index (χ1v) is 3.88. The van der Waals surface area contributed by atoms with Gasteiger partial charge in [-0.2, -0.15) is 13.5 Å². The van der Waals surface area contributed by atoms with Crippen molar-refractivity contribution in [3.8, 4) is 0 Å². The summed E-state index contributed by atoms with van der Waals surface area (Å²) in [6.45, 7) is 0. The first-order valence-electron chi connectivity index (χ1n) is 2.47. The van der Waals surface area contributed by atoms with E-state index in [1.807, 2.05) is 0 Å². The number of rotatable bonds is 2. The molecule has 0 saturated carbocycles. The second-order valence-electron chi connectivity index (χ2n) is 1.53. The molecule has 0 fully saturated rings. The monoisotopic (exact) mass is 162 g/mol. The van der Waals surface area contributed by atoms with Gasteiger partial charge in [-0.3, -0.25) is 9.28 Å². The SMILES string of the molecule is COS(=O)(=O)c1cc[nH]n1. The molecule has 0 atom stereocenters. The van der Waals surface area contributed by atoms with Gasteiger partial charge >= 0.3 is 10.1 Å². The molecule has 0 bridgehead atoms. The van der Waals surface area contributed by atoms with Gasteiger partial charge in [0.1, 0.15) is 0 Å². The van der Waals surface area contributed by atoms with Gasteiger partial charge in [0, 0.05) is 6.20 Å². The van der Waals surface area contributed by atoms with E-state index < -0.39 is 10.1 Å². The Morgan fingerprint density at radius 1 is 1.70 bits per heavy atom. The number of nitrogens with one attached hydrogen (secondary N) is 1. The van der Waals surface area contributed by atoms with Crippen LogP contribution < -0.4 is 0 Å². The zero-order valence-corrected chi connectivity index (χ0v) is 6.05. The Balaban J connectivity index is 3.09. The third-order valence-electron chi connectivity index (χ3n) is 0.951. The topological polar surface area (TPSA) is 72.1 Å². The van der Waals surface area contributed by atoms with Gasteiger partial charge < -0.3 is 0 Å². The van der Waals surface area contributed by atoms with E-state index in [0.717, 1.165) is 7.11 Å². The van der Waals surface area contributed by atoms with Crippen LogP contribution in [0.2, 0.25) is 0 Å². The van der Waals surface area contributed by atoms with Gasteiger partial charge in [0.2, 0.25) is 5.03 Å². The highest BCUT2D eigenvalue weighted by molar-refractivity contribution is 7.86. The highest BCUT2D eigenvalue weighted by Crippen LogP contribution is 2.04. The minimum Gasteiger partial charge on any atom is -0.284 e. The van der Waals surface area contributed by atoms with Crippen molar-refractivity contribution in [3.63, 3.8) is 0 Å². The van der Waals surface area contributed by atoms with Gasteiger partial charge in [-0.25, -0.2) is 0 Å². The molecule has 0 radical (unpaired) electrons. The Bertz CT molecular complexity index is 288. The molecule has 0 saturated heterocycles. The lowest BCUT2D eigenvalue weighted by molar-refractivity contribution is 0.395. The van der Waals surface area contributed by atoms with Crippen molar-refractivity contribution in [3.05, 3.63) is 12.3 Å². The van der Waals surface area contributed by atoms with Crippen LogP contribution in [-0.4, -0.2) is 25.7 Å². The Labute approximate surface area is 58.1 Å². The third-order valence-corrected chi connectivity index (χ3v) is 2.13. The maximum Gasteiger partial charge on any atom is 0.316 e. The molecular formula is C4H6N2O3S. The molecule has 1 rings (SSSR count). The molecule has 0 aromatic carbocycles. The minimum atomic E-state index is -3.60. The molecule has 1 heterocycles. The van der Waals surface area contributed by atoms with Crippen LogP contribution in [-0.2, 0) is 14.3 Å². The fraction of sp³-hybridized carbons (Fsp3) is 0.250. The molecule has 0 amide bonds. The molecule has 0 unspecified atom stereocenters. The van der Waals surface area contributed by atoms with E-state index in [1.54, 1.807) is 0 Å². The zero-order valence-electron chi connectivity index (χ0n) is 5.23. The van der Waals surface area contributed by atoms with Gasteiger partial charge in [-0.05, 0) is 6.07 Å². The summed E-state index contributed by atoms with van der Waals surface area (Å²) < 4.78 is 25.7. The maximum atomic E-state index is 10.8. The molecule has 56 valence electrons. The highest BCUT2D eigenvalue weighted by atomic mass is 32.2. The van der Waals surface area contributed by atoms with Gasteiger partial charge in [0.05, 0.1) is 7.11 Å². The molecule has 1 aromatic heterocycles. The van der Waals surface area contributed by atoms with Crippen molar-refractivity contribution in [2.24, 2.45) is 0 Å². The van der Waals surface area contributed by atoms with E-state index >= 15 is 0 Å². The fourth-order valence-electron chi connectivity index (χ4n) is 0.471. The molecule has 0 aliphatic carbocycles. The summed E-state index contributed by atoms with van der Waals surface area (Å²) in [5.41, 5.74) is 0. The summed E-state index contributed by atoms with van der Waals surface area (Å²) >= 11 is 0. The normalized spacial score (nSPS) is 11.7. The van der Waals surface area contributed by atoms with E-state index in [-0.39, 0.29) is 5.03 Å². The zero-order chi connectivity index (χ0) is 7.61. The Kier molecular flexibility index (Phi) is 1.73. The lowest BCUT2D eigenvalue weighted by Crippen LogP contribution is -2.02. The molecule has 0 aliphatic rings. The van der Waals surface area contributed by atoms with Crippen LogP contribution >= 0.6 is 0 Å². The summed E-state index contributed by atoms with van der Waals surface area (Å²) in [6.07, 6.45) is 1.41. The molecular weight excluding hydrogens is 156 g/mol. The summed E-state index contributed by atoms with van der Waals surface area (Å²) in [6, 6.07) is 1.32. The number of aromatic nitrogens is 2. The van der Waals surface area contributed by atoms with Gasteiger partial charge in [-0.15, -0.1) is 0 Å². The average Bonchev–Trinajstić information content (AvgIpc) is 2.38. The van der Waals surface area contributed by atoms with Gasteiger partial charge in [0.15, 0.2) is 0 Å². The number of hydrogen-bond acceptors (Lipinski definition) is 4. The van der Waals surface area contributed by atoms with E-state index in [9.17, 15) is 8.42 Å². The Morgan fingerprint density at radius 3 is 2.80 bits per heavy atom. The molecule has 5 nitrogen and oxygen atoms in total. The van der Waals surface area contributed by atoms with Crippen LogP contribution in [0, 0.1) is 0 Å². The maximum absolute atomic E-state index is 10.8. The molecule has 1 aromatic rings. The molecule has 10 heavy (non-hydrogen) atoms. The smallest absolute Gasteiger partial charge is 0.284 e. The van der Waals surface area contributed by atoms with Crippen molar-refractivity contribution in [2.75, 3.05) is 7.11 Å². The highest BCUT2D eigenvalue weighted by Gasteiger charge is 2.13. The van der Waals surface area contributed by atoms with Crippen LogP contribution in [0.1, 0.15) is 0 Å². The first kappa shape index (κ1) is 7.23. The second kappa shape index (κ2) is 2.39. The van der Waals surface area contributed by atoms with Crippen LogP contribution in [0.4, 0.5) is 0 Å². The minimum absolute atomic E-state index is 0.102. The van der Waals surface area contributed by atoms with E-state index in [0.29, 0.717) is 0 Å². The lowest BCUT2D eigenvalue weighted by Gasteiger charge is -1.92. The molecule has 1 N–H and O–H groups in total. The summed E-state index contributed by atoms with van der Waals surface area (Å²) in [7, 11) is -2.51. The van der Waals surface area contributed by atoms with Crippen LogP contribution in [0.15, 0.2) is 17.3 Å². The fourth-order valence-corrected chi connectivity index (χ4v) is 1.04. The molecule has 0 spiro atoms. The largest absolute Gasteiger partial charge is 0.316 e. The van der Waals surface area contributed by atoms with Crippen LogP contribution in [0.3, 0.4) is 0 Å².